The van der Waals surface area contributed by atoms with Gasteiger partial charge in [0.15, 0.2) is 17.5 Å². The van der Waals surface area contributed by atoms with Crippen LogP contribution in [0.2, 0.25) is 0 Å². The summed E-state index contributed by atoms with van der Waals surface area (Å²) in [5.41, 5.74) is 14.1. The number of nitrogens with zero attached hydrogens (tertiary/aromatic N) is 4. The van der Waals surface area contributed by atoms with E-state index in [9.17, 15) is 0 Å². The van der Waals surface area contributed by atoms with Gasteiger partial charge in [0, 0.05) is 89.9 Å². The molecular formula is C69H40N4OS2. The van der Waals surface area contributed by atoms with Gasteiger partial charge in [-0.25, -0.2) is 15.0 Å². The van der Waals surface area contributed by atoms with Crippen LogP contribution in [-0.4, -0.2) is 19.5 Å². The van der Waals surface area contributed by atoms with Gasteiger partial charge in [-0.15, -0.1) is 22.7 Å². The summed E-state index contributed by atoms with van der Waals surface area (Å²) in [7, 11) is 0. The zero-order valence-corrected chi connectivity index (χ0v) is 42.2. The number of benzene rings is 11. The molecule has 354 valence electrons. The molecule has 0 bridgehead atoms. The van der Waals surface area contributed by atoms with Crippen molar-refractivity contribution in [3.8, 4) is 73.2 Å². The van der Waals surface area contributed by atoms with Crippen molar-refractivity contribution in [3.05, 3.63) is 243 Å². The monoisotopic (exact) mass is 1000 g/mol. The lowest BCUT2D eigenvalue weighted by molar-refractivity contribution is 0.674. The number of aromatic nitrogens is 4. The Kier molecular flexibility index (Phi) is 9.61. The summed E-state index contributed by atoms with van der Waals surface area (Å²) < 4.78 is 14.5. The molecule has 11 aromatic carbocycles. The van der Waals surface area contributed by atoms with E-state index in [1.807, 2.05) is 0 Å². The lowest BCUT2D eigenvalue weighted by Gasteiger charge is -2.21. The lowest BCUT2D eigenvalue weighted by atomic mass is 9.92. The third-order valence-corrected chi connectivity index (χ3v) is 17.3. The lowest BCUT2D eigenvalue weighted by Crippen LogP contribution is -2.04. The Morgan fingerprint density at radius 3 is 1.32 bits per heavy atom. The van der Waals surface area contributed by atoms with Crippen LogP contribution < -0.4 is 0 Å². The Balaban J connectivity index is 0.971. The first-order chi connectivity index (χ1) is 37.7. The fraction of sp³-hybridized carbons (Fsp3) is 0. The molecule has 0 unspecified atom stereocenters. The second-order valence-electron chi connectivity index (χ2n) is 19.4. The largest absolute Gasteiger partial charge is 0.455 e. The van der Waals surface area contributed by atoms with Gasteiger partial charge in [0.25, 0.3) is 0 Å². The number of para-hydroxylation sites is 2. The van der Waals surface area contributed by atoms with E-state index in [0.29, 0.717) is 17.5 Å². The highest BCUT2D eigenvalue weighted by Crippen LogP contribution is 2.48. The second-order valence-corrected chi connectivity index (χ2v) is 21.6. The summed E-state index contributed by atoms with van der Waals surface area (Å²) in [5.74, 6) is 1.83. The highest BCUT2D eigenvalue weighted by Gasteiger charge is 2.26. The number of hydrogen-bond donors (Lipinski definition) is 0. The van der Waals surface area contributed by atoms with Crippen LogP contribution in [0.5, 0.6) is 0 Å². The zero-order valence-electron chi connectivity index (χ0n) is 40.6. The molecule has 16 rings (SSSR count). The zero-order chi connectivity index (χ0) is 49.8. The molecule has 7 heteroatoms. The minimum Gasteiger partial charge on any atom is -0.455 e. The number of furan rings is 1. The van der Waals surface area contributed by atoms with Crippen molar-refractivity contribution in [2.24, 2.45) is 0 Å². The van der Waals surface area contributed by atoms with Crippen LogP contribution in [0.25, 0.3) is 157 Å². The summed E-state index contributed by atoms with van der Waals surface area (Å²) in [6.07, 6.45) is 0. The molecule has 0 saturated heterocycles. The molecule has 0 aliphatic heterocycles. The summed E-state index contributed by atoms with van der Waals surface area (Å²) in [4.78, 5) is 16.3. The standard InChI is InChI=1S/C69H40N4OS2/c1-4-17-41(18-5-1)47-26-16-27-52-53-35-36-58-63(66(53)74-65(47)52)54-25-10-13-28-57(54)73(58)64-55(42-19-6-2-7-20-42)37-46(38-56(64)43-21-8-3-9-22-43)69-71-67(44-31-33-50-48-23-11-14-29-59(48)75-61(50)39-44)70-68(72-69)45-32-34-51-49-24-12-15-30-60(49)76-62(51)40-45/h1-40H. The fourth-order valence-corrected chi connectivity index (χ4v) is 13.9. The second kappa shape index (κ2) is 17.0. The van der Waals surface area contributed by atoms with Gasteiger partial charge in [0.2, 0.25) is 0 Å². The van der Waals surface area contributed by atoms with Crippen LogP contribution in [0, 0.1) is 0 Å². The fourth-order valence-electron chi connectivity index (χ4n) is 11.6. The summed E-state index contributed by atoms with van der Waals surface area (Å²) >= 11 is 3.60. The van der Waals surface area contributed by atoms with Gasteiger partial charge >= 0.3 is 0 Å². The first-order valence-corrected chi connectivity index (χ1v) is 27.1. The van der Waals surface area contributed by atoms with E-state index in [1.54, 1.807) is 22.7 Å². The molecule has 0 radical (unpaired) electrons. The van der Waals surface area contributed by atoms with Gasteiger partial charge < -0.3 is 8.98 Å². The molecule has 16 aromatic rings. The third-order valence-electron chi connectivity index (χ3n) is 15.1. The van der Waals surface area contributed by atoms with Crippen LogP contribution >= 0.6 is 22.7 Å². The maximum atomic E-state index is 7.15. The van der Waals surface area contributed by atoms with E-state index in [2.05, 4.69) is 247 Å². The Morgan fingerprint density at radius 1 is 0.289 bits per heavy atom. The highest BCUT2D eigenvalue weighted by atomic mass is 32.1. The van der Waals surface area contributed by atoms with E-state index in [4.69, 9.17) is 19.4 Å². The van der Waals surface area contributed by atoms with Crippen LogP contribution in [0.3, 0.4) is 0 Å². The Labute approximate surface area is 443 Å². The molecule has 0 aliphatic rings. The molecule has 0 fully saturated rings. The topological polar surface area (TPSA) is 56.7 Å². The molecule has 0 amide bonds. The van der Waals surface area contributed by atoms with E-state index in [-0.39, 0.29) is 0 Å². The molecule has 5 heterocycles. The van der Waals surface area contributed by atoms with Crippen molar-refractivity contribution >= 4 is 107 Å². The van der Waals surface area contributed by atoms with Gasteiger partial charge in [-0.1, -0.05) is 188 Å². The Bertz CT molecular complexity index is 4800. The van der Waals surface area contributed by atoms with E-state index < -0.39 is 0 Å². The molecule has 76 heavy (non-hydrogen) atoms. The molecule has 0 atom stereocenters. The minimum atomic E-state index is 0.592. The van der Waals surface area contributed by atoms with Crippen molar-refractivity contribution in [3.63, 3.8) is 0 Å². The maximum absolute atomic E-state index is 7.15. The van der Waals surface area contributed by atoms with Crippen molar-refractivity contribution < 1.29 is 4.42 Å². The van der Waals surface area contributed by atoms with Crippen LogP contribution in [0.1, 0.15) is 0 Å². The quantitative estimate of drug-likeness (QED) is 0.160. The number of rotatable bonds is 7. The summed E-state index contributed by atoms with van der Waals surface area (Å²) in [6, 6.07) is 86.8. The predicted molar refractivity (Wildman–Crippen MR) is 320 cm³/mol. The van der Waals surface area contributed by atoms with E-state index in [0.717, 1.165) is 99.5 Å². The minimum absolute atomic E-state index is 0.592. The van der Waals surface area contributed by atoms with E-state index in [1.165, 1.54) is 40.3 Å². The molecule has 0 N–H and O–H groups in total. The van der Waals surface area contributed by atoms with Gasteiger partial charge in [-0.2, -0.15) is 0 Å². The van der Waals surface area contributed by atoms with Gasteiger partial charge in [-0.05, 0) is 71.3 Å². The van der Waals surface area contributed by atoms with E-state index >= 15 is 0 Å². The van der Waals surface area contributed by atoms with Gasteiger partial charge in [-0.3, -0.25) is 0 Å². The van der Waals surface area contributed by atoms with Crippen LogP contribution in [0.4, 0.5) is 0 Å². The van der Waals surface area contributed by atoms with Crippen LogP contribution in [-0.2, 0) is 0 Å². The average Bonchev–Trinajstić information content (AvgIpc) is 4.36. The summed E-state index contributed by atoms with van der Waals surface area (Å²) in [5, 5.41) is 9.34. The first-order valence-electron chi connectivity index (χ1n) is 25.5. The molecule has 0 aliphatic carbocycles. The maximum Gasteiger partial charge on any atom is 0.164 e. The molecule has 0 spiro atoms. The van der Waals surface area contributed by atoms with Crippen molar-refractivity contribution in [1.82, 2.24) is 19.5 Å². The predicted octanol–water partition coefficient (Wildman–Crippen LogP) is 19.6. The third kappa shape index (κ3) is 6.73. The molecular weight excluding hydrogens is 965 g/mol. The first kappa shape index (κ1) is 42.9. The smallest absolute Gasteiger partial charge is 0.164 e. The highest BCUT2D eigenvalue weighted by molar-refractivity contribution is 7.26. The Morgan fingerprint density at radius 2 is 0.737 bits per heavy atom. The number of hydrogen-bond acceptors (Lipinski definition) is 6. The molecule has 0 saturated carbocycles. The van der Waals surface area contributed by atoms with Gasteiger partial charge in [0.05, 0.1) is 22.1 Å². The molecule has 5 aromatic heterocycles. The Hall–Kier alpha value is -9.53. The SMILES string of the molecule is c1ccc(-c2cc(-c3nc(-c4ccc5c(c4)sc4ccccc45)nc(-c4ccc5c(c4)sc4ccccc45)n3)cc(-c3ccccc3)c2-n2c3ccccc3c3c4oc5c(-c6ccccc6)cccc5c4ccc32)cc1. The number of thiophene rings is 2. The van der Waals surface area contributed by atoms with Crippen LogP contribution in [0.15, 0.2) is 247 Å². The van der Waals surface area contributed by atoms with Crippen molar-refractivity contribution in [2.45, 2.75) is 0 Å². The average molecular weight is 1010 g/mol. The molecule has 5 nitrogen and oxygen atoms in total. The number of fused-ring (bicyclic) bond motifs is 13. The van der Waals surface area contributed by atoms with Crippen molar-refractivity contribution in [1.29, 1.82) is 0 Å². The van der Waals surface area contributed by atoms with Crippen molar-refractivity contribution in [2.75, 3.05) is 0 Å². The summed E-state index contributed by atoms with van der Waals surface area (Å²) in [6.45, 7) is 0. The normalized spacial score (nSPS) is 11.9. The van der Waals surface area contributed by atoms with Gasteiger partial charge in [0.1, 0.15) is 11.2 Å².